The van der Waals surface area contributed by atoms with Gasteiger partial charge in [-0.1, -0.05) is 29.8 Å². The molecule has 0 fully saturated rings. The molecular weight excluding hydrogens is 242 g/mol. The Kier molecular flexibility index (Phi) is 5.41. The van der Waals surface area contributed by atoms with Crippen molar-refractivity contribution in [2.45, 2.75) is 25.5 Å². The van der Waals surface area contributed by atoms with Crippen LogP contribution in [0.15, 0.2) is 24.3 Å². The van der Waals surface area contributed by atoms with Gasteiger partial charge in [-0.3, -0.25) is 4.79 Å². The van der Waals surface area contributed by atoms with E-state index in [9.17, 15) is 9.90 Å². The Labute approximate surface area is 105 Å². The molecule has 2 atom stereocenters. The van der Waals surface area contributed by atoms with Crippen LogP contribution in [0, 0.1) is 0 Å². The molecule has 0 saturated heterocycles. The van der Waals surface area contributed by atoms with Crippen molar-refractivity contribution in [3.8, 4) is 0 Å². The minimum absolute atomic E-state index is 0.0103. The number of carbonyl (C=O) groups is 1. The number of hydrogen-bond acceptors (Lipinski definition) is 3. The van der Waals surface area contributed by atoms with Crippen LogP contribution in [0.2, 0.25) is 5.02 Å². The number of carbonyl (C=O) groups excluding carboxylic acids is 1. The van der Waals surface area contributed by atoms with Crippen LogP contribution in [0.5, 0.6) is 0 Å². The fraction of sp³-hybridized carbons (Fsp3) is 0.417. The summed E-state index contributed by atoms with van der Waals surface area (Å²) >= 11 is 5.88. The van der Waals surface area contributed by atoms with Gasteiger partial charge in [-0.2, -0.15) is 0 Å². The van der Waals surface area contributed by atoms with E-state index in [4.69, 9.17) is 16.7 Å². The lowest BCUT2D eigenvalue weighted by Gasteiger charge is -2.17. The summed E-state index contributed by atoms with van der Waals surface area (Å²) < 4.78 is 0. The van der Waals surface area contributed by atoms with Crippen molar-refractivity contribution < 1.29 is 15.0 Å². The predicted molar refractivity (Wildman–Crippen MR) is 65.7 cm³/mol. The Hall–Kier alpha value is -1.10. The Balaban J connectivity index is 2.67. The molecule has 1 aromatic carbocycles. The van der Waals surface area contributed by atoms with Crippen molar-refractivity contribution in [2.24, 2.45) is 0 Å². The van der Waals surface area contributed by atoms with E-state index in [0.29, 0.717) is 17.0 Å². The number of aliphatic hydroxyl groups is 2. The first-order chi connectivity index (χ1) is 8.06. The number of hydrogen-bond donors (Lipinski definition) is 3. The van der Waals surface area contributed by atoms with Crippen LogP contribution in [-0.2, 0) is 4.79 Å². The third-order valence-corrected chi connectivity index (χ3v) is 2.74. The van der Waals surface area contributed by atoms with Gasteiger partial charge in [0.05, 0.1) is 0 Å². The van der Waals surface area contributed by atoms with Crippen LogP contribution in [0.3, 0.4) is 0 Å². The molecule has 5 heteroatoms. The minimum Gasteiger partial charge on any atom is -0.396 e. The van der Waals surface area contributed by atoms with E-state index < -0.39 is 12.0 Å². The predicted octanol–water partition coefficient (Wildman–Crippen LogP) is 1.26. The fourth-order valence-corrected chi connectivity index (χ4v) is 1.66. The van der Waals surface area contributed by atoms with Crippen molar-refractivity contribution in [3.05, 3.63) is 34.9 Å². The molecule has 0 aliphatic heterocycles. The SMILES string of the molecule is CC(CCO)NC(=O)[C@H](O)c1ccccc1Cl. The second-order valence-electron chi connectivity index (χ2n) is 3.85. The van der Waals surface area contributed by atoms with E-state index in [1.54, 1.807) is 31.2 Å². The lowest BCUT2D eigenvalue weighted by Crippen LogP contribution is -2.36. The third kappa shape index (κ3) is 4.00. The fourth-order valence-electron chi connectivity index (χ4n) is 1.43. The van der Waals surface area contributed by atoms with Crippen LogP contribution in [0.1, 0.15) is 25.0 Å². The van der Waals surface area contributed by atoms with Crippen LogP contribution < -0.4 is 5.32 Å². The van der Waals surface area contributed by atoms with Crippen molar-refractivity contribution in [1.29, 1.82) is 0 Å². The zero-order chi connectivity index (χ0) is 12.8. The number of aliphatic hydroxyl groups excluding tert-OH is 2. The van der Waals surface area contributed by atoms with Crippen LogP contribution >= 0.6 is 11.6 Å². The van der Waals surface area contributed by atoms with Gasteiger partial charge in [-0.25, -0.2) is 0 Å². The summed E-state index contributed by atoms with van der Waals surface area (Å²) in [5.74, 6) is -0.515. The quantitative estimate of drug-likeness (QED) is 0.744. The van der Waals surface area contributed by atoms with Gasteiger partial charge in [-0.15, -0.1) is 0 Å². The molecule has 0 saturated carbocycles. The molecule has 0 aliphatic carbocycles. The first-order valence-electron chi connectivity index (χ1n) is 5.40. The standard InChI is InChI=1S/C12H16ClNO3/c1-8(6-7-15)14-12(17)11(16)9-4-2-3-5-10(9)13/h2-5,8,11,15-16H,6-7H2,1H3,(H,14,17)/t8?,11-/m1/s1. The summed E-state index contributed by atoms with van der Waals surface area (Å²) in [5, 5.41) is 21.5. The maximum absolute atomic E-state index is 11.7. The Morgan fingerprint density at radius 2 is 2.12 bits per heavy atom. The third-order valence-electron chi connectivity index (χ3n) is 2.40. The molecule has 0 aliphatic rings. The summed E-state index contributed by atoms with van der Waals surface area (Å²) in [6.45, 7) is 1.75. The van der Waals surface area contributed by atoms with Crippen molar-refractivity contribution in [1.82, 2.24) is 5.32 Å². The Morgan fingerprint density at radius 3 is 2.71 bits per heavy atom. The van der Waals surface area contributed by atoms with Crippen molar-refractivity contribution in [3.63, 3.8) is 0 Å². The van der Waals surface area contributed by atoms with Gasteiger partial charge < -0.3 is 15.5 Å². The molecule has 1 unspecified atom stereocenters. The Morgan fingerprint density at radius 1 is 1.47 bits per heavy atom. The number of nitrogens with one attached hydrogen (secondary N) is 1. The molecule has 1 amide bonds. The second-order valence-corrected chi connectivity index (χ2v) is 4.25. The number of amides is 1. The molecule has 4 nitrogen and oxygen atoms in total. The van der Waals surface area contributed by atoms with E-state index in [1.165, 1.54) is 0 Å². The first kappa shape index (κ1) is 14.0. The summed E-state index contributed by atoms with van der Waals surface area (Å²) in [5.41, 5.74) is 0.378. The summed E-state index contributed by atoms with van der Waals surface area (Å²) in [7, 11) is 0. The van der Waals surface area contributed by atoms with Gasteiger partial charge in [-0.05, 0) is 19.4 Å². The average molecular weight is 258 g/mol. The molecule has 0 aromatic heterocycles. The smallest absolute Gasteiger partial charge is 0.253 e. The molecule has 0 spiro atoms. The molecule has 17 heavy (non-hydrogen) atoms. The lowest BCUT2D eigenvalue weighted by atomic mass is 10.1. The normalized spacial score (nSPS) is 14.1. The first-order valence-corrected chi connectivity index (χ1v) is 5.77. The molecule has 0 radical (unpaired) electrons. The van der Waals surface area contributed by atoms with Crippen LogP contribution in [0.25, 0.3) is 0 Å². The number of benzene rings is 1. The maximum atomic E-state index is 11.7. The largest absolute Gasteiger partial charge is 0.396 e. The topological polar surface area (TPSA) is 69.6 Å². The van der Waals surface area contributed by atoms with Gasteiger partial charge in [0.15, 0.2) is 6.10 Å². The van der Waals surface area contributed by atoms with Gasteiger partial charge in [0.25, 0.3) is 5.91 Å². The Bertz CT molecular complexity index is 384. The van der Waals surface area contributed by atoms with E-state index in [-0.39, 0.29) is 12.6 Å². The summed E-state index contributed by atoms with van der Waals surface area (Å²) in [6.07, 6.45) is -0.842. The molecule has 1 aromatic rings. The molecular formula is C12H16ClNO3. The van der Waals surface area contributed by atoms with Gasteiger partial charge in [0.1, 0.15) is 0 Å². The van der Waals surface area contributed by atoms with Crippen molar-refractivity contribution in [2.75, 3.05) is 6.61 Å². The zero-order valence-electron chi connectivity index (χ0n) is 9.56. The number of halogens is 1. The highest BCUT2D eigenvalue weighted by atomic mass is 35.5. The van der Waals surface area contributed by atoms with E-state index in [0.717, 1.165) is 0 Å². The summed E-state index contributed by atoms with van der Waals surface area (Å²) in [4.78, 5) is 11.7. The molecule has 94 valence electrons. The molecule has 1 rings (SSSR count). The van der Waals surface area contributed by atoms with Gasteiger partial charge in [0.2, 0.25) is 0 Å². The van der Waals surface area contributed by atoms with E-state index in [2.05, 4.69) is 5.32 Å². The highest BCUT2D eigenvalue weighted by Crippen LogP contribution is 2.22. The van der Waals surface area contributed by atoms with E-state index in [1.807, 2.05) is 0 Å². The zero-order valence-corrected chi connectivity index (χ0v) is 10.3. The average Bonchev–Trinajstić information content (AvgIpc) is 2.29. The van der Waals surface area contributed by atoms with Crippen LogP contribution in [-0.4, -0.2) is 28.8 Å². The maximum Gasteiger partial charge on any atom is 0.253 e. The van der Waals surface area contributed by atoms with E-state index >= 15 is 0 Å². The van der Waals surface area contributed by atoms with Crippen LogP contribution in [0.4, 0.5) is 0 Å². The van der Waals surface area contributed by atoms with Crippen molar-refractivity contribution >= 4 is 17.5 Å². The monoisotopic (exact) mass is 257 g/mol. The minimum atomic E-state index is -1.29. The van der Waals surface area contributed by atoms with Gasteiger partial charge in [0, 0.05) is 23.2 Å². The summed E-state index contributed by atoms with van der Waals surface area (Å²) in [6, 6.07) is 6.46. The molecule has 0 bridgehead atoms. The molecule has 3 N–H and O–H groups in total. The highest BCUT2D eigenvalue weighted by molar-refractivity contribution is 6.31. The lowest BCUT2D eigenvalue weighted by molar-refractivity contribution is -0.130. The second kappa shape index (κ2) is 6.59. The number of rotatable bonds is 5. The van der Waals surface area contributed by atoms with Gasteiger partial charge >= 0.3 is 0 Å². The molecule has 0 heterocycles. The highest BCUT2D eigenvalue weighted by Gasteiger charge is 2.20.